The van der Waals surface area contributed by atoms with Crippen LogP contribution < -0.4 is 15.4 Å². The van der Waals surface area contributed by atoms with Crippen molar-refractivity contribution in [2.45, 2.75) is 89.3 Å². The number of pyridine rings is 2. The number of hydrogen-bond acceptors (Lipinski definition) is 9. The van der Waals surface area contributed by atoms with Crippen molar-refractivity contribution in [2.24, 2.45) is 0 Å². The fourth-order valence-electron chi connectivity index (χ4n) is 5.35. The normalized spacial score (nSPS) is 17.1. The summed E-state index contributed by atoms with van der Waals surface area (Å²) in [6.07, 6.45) is 5.39. The van der Waals surface area contributed by atoms with Crippen molar-refractivity contribution in [1.82, 2.24) is 25.3 Å². The van der Waals surface area contributed by atoms with E-state index in [1.165, 1.54) is 24.3 Å². The maximum Gasteiger partial charge on any atom is 0.407 e. The first-order chi connectivity index (χ1) is 21.3. The van der Waals surface area contributed by atoms with E-state index in [2.05, 4.69) is 25.3 Å². The van der Waals surface area contributed by atoms with Gasteiger partial charge in [-0.05, 0) is 95.7 Å². The van der Waals surface area contributed by atoms with Gasteiger partial charge in [-0.2, -0.15) is 0 Å². The molecule has 1 amide bonds. The molecule has 0 saturated heterocycles. The number of anilines is 2. The number of nitrogens with zero attached hydrogens (tertiary/aromatic N) is 4. The summed E-state index contributed by atoms with van der Waals surface area (Å²) >= 11 is 0. The number of halogens is 1. The highest BCUT2D eigenvalue weighted by molar-refractivity contribution is 7.92. The van der Waals surface area contributed by atoms with Gasteiger partial charge in [-0.1, -0.05) is 19.1 Å². The van der Waals surface area contributed by atoms with Crippen LogP contribution in [0.3, 0.4) is 0 Å². The van der Waals surface area contributed by atoms with E-state index in [1.807, 2.05) is 33.8 Å². The second-order valence-electron chi connectivity index (χ2n) is 12.2. The number of carbonyl (C=O) groups excluding carboxylic acids is 1. The largest absolute Gasteiger partial charge is 0.444 e. The van der Waals surface area contributed by atoms with Crippen LogP contribution in [0.15, 0.2) is 53.6 Å². The van der Waals surface area contributed by atoms with E-state index in [-0.39, 0.29) is 24.0 Å². The third-order valence-corrected chi connectivity index (χ3v) is 8.90. The molecule has 0 spiro atoms. The average Bonchev–Trinajstić information content (AvgIpc) is 2.96. The van der Waals surface area contributed by atoms with Crippen LogP contribution in [-0.2, 0) is 21.2 Å². The molecule has 5 rings (SSSR count). The number of amides is 1. The number of alkyl carbamates (subject to hydrolysis) is 1. The third-order valence-electron chi connectivity index (χ3n) is 7.51. The Balaban J connectivity index is 1.28. The summed E-state index contributed by atoms with van der Waals surface area (Å²) in [6, 6.07) is 10.6. The summed E-state index contributed by atoms with van der Waals surface area (Å²) in [5, 5.41) is 6.41. The maximum atomic E-state index is 14.1. The fraction of sp³-hybridized carbons (Fsp3) is 0.406. The van der Waals surface area contributed by atoms with Crippen molar-refractivity contribution in [1.29, 1.82) is 0 Å². The van der Waals surface area contributed by atoms with E-state index in [0.29, 0.717) is 29.3 Å². The van der Waals surface area contributed by atoms with Gasteiger partial charge in [0.2, 0.25) is 5.95 Å². The summed E-state index contributed by atoms with van der Waals surface area (Å²) in [6.45, 7) is 9.34. The summed E-state index contributed by atoms with van der Waals surface area (Å²) in [7, 11) is -4.15. The lowest BCUT2D eigenvalue weighted by atomic mass is 9.91. The molecule has 0 bridgehead atoms. The molecule has 0 radical (unpaired) electrons. The lowest BCUT2D eigenvalue weighted by molar-refractivity contribution is 0.0492. The quantitative estimate of drug-likeness (QED) is 0.207. The molecule has 1 aliphatic rings. The molecule has 238 valence electrons. The minimum Gasteiger partial charge on any atom is -0.444 e. The second kappa shape index (κ2) is 12.9. The summed E-state index contributed by atoms with van der Waals surface area (Å²) < 4.78 is 47.3. The number of fused-ring (bicyclic) bond motifs is 1. The van der Waals surface area contributed by atoms with Crippen LogP contribution in [0, 0.1) is 12.7 Å². The van der Waals surface area contributed by atoms with Crippen LogP contribution in [0.2, 0.25) is 0 Å². The van der Waals surface area contributed by atoms with Gasteiger partial charge < -0.3 is 15.4 Å². The maximum absolute atomic E-state index is 14.1. The fourth-order valence-corrected chi connectivity index (χ4v) is 6.43. The minimum absolute atomic E-state index is 0.0730. The number of benzene rings is 1. The van der Waals surface area contributed by atoms with Gasteiger partial charge >= 0.3 is 6.09 Å². The molecule has 4 aromatic rings. The Labute approximate surface area is 262 Å². The van der Waals surface area contributed by atoms with Crippen LogP contribution >= 0.6 is 0 Å². The molecule has 45 heavy (non-hydrogen) atoms. The standard InChI is InChI=1S/C32H38FN7O4S/c1-6-20-17-25(23-15-16-28(35-19(23)2)40-45(42,43)27-10-8-7-9-24(27)33)38-26-18-34-30(39-29(20)26)36-21-11-13-22(14-12-21)37-31(41)44-32(3,4)5/h7-10,15-18,21-22H,6,11-14H2,1-5H3,(H,35,40)(H,37,41)(H,34,36,39)/t21-,22-. The van der Waals surface area contributed by atoms with Gasteiger partial charge in [0, 0.05) is 23.3 Å². The molecule has 0 unspecified atom stereocenters. The lowest BCUT2D eigenvalue weighted by Gasteiger charge is -2.30. The zero-order valence-electron chi connectivity index (χ0n) is 26.0. The number of sulfonamides is 1. The molecule has 1 aliphatic carbocycles. The highest BCUT2D eigenvalue weighted by Gasteiger charge is 2.25. The Morgan fingerprint density at radius 3 is 2.40 bits per heavy atom. The van der Waals surface area contributed by atoms with E-state index in [4.69, 9.17) is 14.7 Å². The van der Waals surface area contributed by atoms with Crippen molar-refractivity contribution in [2.75, 3.05) is 10.0 Å². The van der Waals surface area contributed by atoms with Crippen molar-refractivity contribution in [3.8, 4) is 11.3 Å². The van der Waals surface area contributed by atoms with Crippen molar-refractivity contribution >= 4 is 38.9 Å². The van der Waals surface area contributed by atoms with Crippen molar-refractivity contribution < 1.29 is 22.3 Å². The minimum atomic E-state index is -4.15. The molecule has 13 heteroatoms. The number of carbonyl (C=O) groups is 1. The number of ether oxygens (including phenoxy) is 1. The molecular weight excluding hydrogens is 597 g/mol. The number of rotatable bonds is 8. The molecule has 0 atom stereocenters. The predicted molar refractivity (Wildman–Crippen MR) is 171 cm³/mol. The van der Waals surface area contributed by atoms with E-state index >= 15 is 0 Å². The van der Waals surface area contributed by atoms with Crippen LogP contribution in [0.4, 0.5) is 21.0 Å². The van der Waals surface area contributed by atoms with Gasteiger partial charge in [0.15, 0.2) is 0 Å². The first-order valence-corrected chi connectivity index (χ1v) is 16.5. The van der Waals surface area contributed by atoms with Crippen LogP contribution in [0.5, 0.6) is 0 Å². The Morgan fingerprint density at radius 2 is 1.73 bits per heavy atom. The van der Waals surface area contributed by atoms with Crippen LogP contribution in [-0.4, -0.2) is 52.1 Å². The van der Waals surface area contributed by atoms with E-state index < -0.39 is 26.3 Å². The van der Waals surface area contributed by atoms with Gasteiger partial charge in [-0.25, -0.2) is 37.5 Å². The molecule has 11 nitrogen and oxygen atoms in total. The lowest BCUT2D eigenvalue weighted by Crippen LogP contribution is -2.42. The third kappa shape index (κ3) is 7.83. The van der Waals surface area contributed by atoms with Crippen molar-refractivity contribution in [3.63, 3.8) is 0 Å². The predicted octanol–water partition coefficient (Wildman–Crippen LogP) is 6.15. The molecular formula is C32H38FN7O4S. The van der Waals surface area contributed by atoms with Gasteiger partial charge in [0.1, 0.15) is 27.6 Å². The van der Waals surface area contributed by atoms with Crippen LogP contribution in [0.1, 0.15) is 64.6 Å². The molecule has 1 fully saturated rings. The smallest absolute Gasteiger partial charge is 0.407 e. The highest BCUT2D eigenvalue weighted by atomic mass is 32.2. The molecule has 3 aromatic heterocycles. The molecule has 1 saturated carbocycles. The zero-order valence-corrected chi connectivity index (χ0v) is 26.8. The van der Waals surface area contributed by atoms with Crippen molar-refractivity contribution in [3.05, 3.63) is 65.7 Å². The average molecular weight is 636 g/mol. The number of hydrogen-bond donors (Lipinski definition) is 3. The molecule has 3 heterocycles. The Hall–Kier alpha value is -4.39. The first-order valence-electron chi connectivity index (χ1n) is 15.0. The SMILES string of the molecule is CCc1cc(-c2ccc(NS(=O)(=O)c3ccccc3F)nc2C)nc2cnc(N[C@H]3CC[C@H](NC(=O)OC(C)(C)C)CC3)nc12. The highest BCUT2D eigenvalue weighted by Crippen LogP contribution is 2.29. The van der Waals surface area contributed by atoms with E-state index in [1.54, 1.807) is 19.2 Å². The van der Waals surface area contributed by atoms with E-state index in [0.717, 1.165) is 48.4 Å². The van der Waals surface area contributed by atoms with Gasteiger partial charge in [0.25, 0.3) is 10.0 Å². The van der Waals surface area contributed by atoms with Crippen LogP contribution in [0.25, 0.3) is 22.3 Å². The first kappa shape index (κ1) is 32.0. The monoisotopic (exact) mass is 635 g/mol. The Bertz CT molecular complexity index is 1820. The Morgan fingerprint density at radius 1 is 1.02 bits per heavy atom. The number of nitrogens with one attached hydrogen (secondary N) is 3. The number of aromatic nitrogens is 4. The van der Waals surface area contributed by atoms with Gasteiger partial charge in [0.05, 0.1) is 17.4 Å². The molecule has 1 aromatic carbocycles. The second-order valence-corrected chi connectivity index (χ2v) is 13.8. The zero-order chi connectivity index (χ0) is 32.4. The Kier molecular flexibility index (Phi) is 9.19. The summed E-state index contributed by atoms with van der Waals surface area (Å²) in [5.74, 6) is -0.240. The van der Waals surface area contributed by atoms with Gasteiger partial charge in [-0.15, -0.1) is 0 Å². The molecule has 0 aliphatic heterocycles. The molecule has 3 N–H and O–H groups in total. The summed E-state index contributed by atoms with van der Waals surface area (Å²) in [5.41, 5.74) is 3.76. The van der Waals surface area contributed by atoms with Gasteiger partial charge in [-0.3, -0.25) is 4.72 Å². The van der Waals surface area contributed by atoms with E-state index in [9.17, 15) is 17.6 Å². The summed E-state index contributed by atoms with van der Waals surface area (Å²) in [4.78, 5) is 30.2. The topological polar surface area (TPSA) is 148 Å². The number of aryl methyl sites for hydroxylation is 2.